The molecule has 1 N–H and O–H groups in total. The molecule has 19 heavy (non-hydrogen) atoms. The highest BCUT2D eigenvalue weighted by Gasteiger charge is 2.27. The van der Waals surface area contributed by atoms with Crippen LogP contribution in [0.1, 0.15) is 33.6 Å². The summed E-state index contributed by atoms with van der Waals surface area (Å²) in [4.78, 5) is 12.0. The summed E-state index contributed by atoms with van der Waals surface area (Å²) in [5, 5.41) is 9.02. The first-order valence-electron chi connectivity index (χ1n) is 5.82. The lowest BCUT2D eigenvalue weighted by atomic mass is 9.83. The number of benzene rings is 1. The molecule has 1 aliphatic carbocycles. The zero-order valence-electron chi connectivity index (χ0n) is 10.0. The van der Waals surface area contributed by atoms with Gasteiger partial charge in [0.2, 0.25) is 0 Å². The number of carboxylic acid groups (broad SMARTS) is 1. The van der Waals surface area contributed by atoms with Crippen LogP contribution in [0.3, 0.4) is 0 Å². The SMILES string of the molecule is CC1Cc2cc(C(=O)O)sc2-c2cc(F)c(F)cc21. The second-order valence-electron chi connectivity index (χ2n) is 4.73. The minimum Gasteiger partial charge on any atom is -0.477 e. The van der Waals surface area contributed by atoms with Crippen molar-refractivity contribution >= 4 is 17.3 Å². The lowest BCUT2D eigenvalue weighted by Gasteiger charge is -2.22. The minimum absolute atomic E-state index is 0.0499. The van der Waals surface area contributed by atoms with Gasteiger partial charge in [-0.1, -0.05) is 6.92 Å². The molecular formula is C14H10F2O2S. The molecule has 2 nitrogen and oxygen atoms in total. The van der Waals surface area contributed by atoms with Crippen LogP contribution in [0.4, 0.5) is 8.78 Å². The van der Waals surface area contributed by atoms with Gasteiger partial charge in [-0.05, 0) is 47.2 Å². The lowest BCUT2D eigenvalue weighted by molar-refractivity contribution is 0.0702. The first-order valence-corrected chi connectivity index (χ1v) is 6.64. The zero-order chi connectivity index (χ0) is 13.7. The van der Waals surface area contributed by atoms with Gasteiger partial charge < -0.3 is 5.11 Å². The van der Waals surface area contributed by atoms with Crippen LogP contribution in [0, 0.1) is 11.6 Å². The first-order chi connectivity index (χ1) is 8.97. The van der Waals surface area contributed by atoms with E-state index in [1.54, 1.807) is 6.07 Å². The standard InChI is InChI=1S/C14H10F2O2S/c1-6-2-7-3-12(14(17)18)19-13(7)9-5-11(16)10(15)4-8(6)9/h3-6H,2H2,1H3,(H,17,18). The molecule has 1 atom stereocenters. The van der Waals surface area contributed by atoms with Crippen molar-refractivity contribution in [2.24, 2.45) is 0 Å². The third-order valence-electron chi connectivity index (χ3n) is 3.41. The van der Waals surface area contributed by atoms with Gasteiger partial charge in [-0.3, -0.25) is 0 Å². The second-order valence-corrected chi connectivity index (χ2v) is 5.78. The largest absolute Gasteiger partial charge is 0.477 e. The van der Waals surface area contributed by atoms with E-state index < -0.39 is 17.6 Å². The topological polar surface area (TPSA) is 37.3 Å². The second kappa shape index (κ2) is 4.13. The molecule has 1 heterocycles. The molecule has 5 heteroatoms. The fourth-order valence-corrected chi connectivity index (χ4v) is 3.59. The van der Waals surface area contributed by atoms with E-state index in [1.165, 1.54) is 12.1 Å². The van der Waals surface area contributed by atoms with E-state index in [1.807, 2.05) is 6.92 Å². The fraction of sp³-hybridized carbons (Fsp3) is 0.214. The molecule has 1 aromatic heterocycles. The Morgan fingerprint density at radius 3 is 2.68 bits per heavy atom. The van der Waals surface area contributed by atoms with Crippen LogP contribution in [0.15, 0.2) is 18.2 Å². The molecule has 0 bridgehead atoms. The van der Waals surface area contributed by atoms with Crippen molar-refractivity contribution in [3.8, 4) is 10.4 Å². The maximum Gasteiger partial charge on any atom is 0.345 e. The smallest absolute Gasteiger partial charge is 0.345 e. The highest BCUT2D eigenvalue weighted by molar-refractivity contribution is 7.17. The lowest BCUT2D eigenvalue weighted by Crippen LogP contribution is -2.07. The van der Waals surface area contributed by atoms with E-state index in [-0.39, 0.29) is 10.8 Å². The van der Waals surface area contributed by atoms with Crippen molar-refractivity contribution in [1.82, 2.24) is 0 Å². The van der Waals surface area contributed by atoms with Gasteiger partial charge >= 0.3 is 5.97 Å². The maximum atomic E-state index is 13.4. The Balaban J connectivity index is 2.25. The summed E-state index contributed by atoms with van der Waals surface area (Å²) in [6.45, 7) is 1.93. The Morgan fingerprint density at radius 2 is 2.00 bits per heavy atom. The average Bonchev–Trinajstić information content (AvgIpc) is 2.76. The van der Waals surface area contributed by atoms with Crippen molar-refractivity contribution < 1.29 is 18.7 Å². The highest BCUT2D eigenvalue weighted by Crippen LogP contribution is 2.44. The van der Waals surface area contributed by atoms with Gasteiger partial charge in [0.05, 0.1) is 0 Å². The number of hydrogen-bond acceptors (Lipinski definition) is 2. The summed E-state index contributed by atoms with van der Waals surface area (Å²) in [5.74, 6) is -2.70. The van der Waals surface area contributed by atoms with Gasteiger partial charge in [-0.2, -0.15) is 0 Å². The Kier molecular flexibility index (Phi) is 2.67. The van der Waals surface area contributed by atoms with Crippen LogP contribution in [0.2, 0.25) is 0 Å². The van der Waals surface area contributed by atoms with Crippen LogP contribution >= 0.6 is 11.3 Å². The first kappa shape index (κ1) is 12.3. The molecule has 0 amide bonds. The molecule has 1 aliphatic rings. The molecule has 0 radical (unpaired) electrons. The summed E-state index contributed by atoms with van der Waals surface area (Å²) in [6.07, 6.45) is 0.650. The summed E-state index contributed by atoms with van der Waals surface area (Å²) >= 11 is 1.11. The average molecular weight is 280 g/mol. The minimum atomic E-state index is -0.990. The van der Waals surface area contributed by atoms with Crippen LogP contribution in [-0.4, -0.2) is 11.1 Å². The molecule has 3 rings (SSSR count). The van der Waals surface area contributed by atoms with E-state index >= 15 is 0 Å². The van der Waals surface area contributed by atoms with Gasteiger partial charge in [0.1, 0.15) is 4.88 Å². The number of hydrogen-bond donors (Lipinski definition) is 1. The van der Waals surface area contributed by atoms with Gasteiger partial charge in [-0.25, -0.2) is 13.6 Å². The molecule has 98 valence electrons. The van der Waals surface area contributed by atoms with Gasteiger partial charge in [0.15, 0.2) is 11.6 Å². The number of aromatic carboxylic acids is 1. The van der Waals surface area contributed by atoms with Crippen molar-refractivity contribution in [2.75, 3.05) is 0 Å². The number of rotatable bonds is 1. The van der Waals surface area contributed by atoms with Gasteiger partial charge in [0, 0.05) is 4.88 Å². The number of thiophene rings is 1. The van der Waals surface area contributed by atoms with E-state index in [9.17, 15) is 13.6 Å². The number of carboxylic acids is 1. The Morgan fingerprint density at radius 1 is 1.32 bits per heavy atom. The van der Waals surface area contributed by atoms with E-state index in [4.69, 9.17) is 5.11 Å². The summed E-state index contributed by atoms with van der Waals surface area (Å²) < 4.78 is 26.7. The predicted molar refractivity (Wildman–Crippen MR) is 68.7 cm³/mol. The number of fused-ring (bicyclic) bond motifs is 3. The maximum absolute atomic E-state index is 13.4. The third-order valence-corrected chi connectivity index (χ3v) is 4.61. The molecule has 2 aromatic rings. The number of halogens is 2. The molecular weight excluding hydrogens is 270 g/mol. The Bertz CT molecular complexity index is 691. The van der Waals surface area contributed by atoms with Crippen LogP contribution < -0.4 is 0 Å². The van der Waals surface area contributed by atoms with Crippen molar-refractivity contribution in [3.05, 3.63) is 45.8 Å². The van der Waals surface area contributed by atoms with Crippen molar-refractivity contribution in [2.45, 2.75) is 19.3 Å². The molecule has 1 unspecified atom stereocenters. The monoisotopic (exact) mass is 280 g/mol. The highest BCUT2D eigenvalue weighted by atomic mass is 32.1. The normalized spacial score (nSPS) is 16.9. The summed E-state index contributed by atoms with van der Waals surface area (Å²) in [5.41, 5.74) is 2.25. The van der Waals surface area contributed by atoms with Gasteiger partial charge in [0.25, 0.3) is 0 Å². The van der Waals surface area contributed by atoms with E-state index in [0.717, 1.165) is 27.3 Å². The molecule has 0 spiro atoms. The Hall–Kier alpha value is -1.75. The van der Waals surface area contributed by atoms with Crippen LogP contribution in [0.25, 0.3) is 10.4 Å². The quantitative estimate of drug-likeness (QED) is 0.855. The van der Waals surface area contributed by atoms with Crippen LogP contribution in [-0.2, 0) is 6.42 Å². The molecule has 0 fully saturated rings. The van der Waals surface area contributed by atoms with E-state index in [0.29, 0.717) is 12.0 Å². The Labute approximate surface area is 112 Å². The van der Waals surface area contributed by atoms with Crippen molar-refractivity contribution in [3.63, 3.8) is 0 Å². The fourth-order valence-electron chi connectivity index (χ4n) is 2.52. The summed E-state index contributed by atoms with van der Waals surface area (Å²) in [7, 11) is 0. The molecule has 1 aromatic carbocycles. The third kappa shape index (κ3) is 1.85. The predicted octanol–water partition coefficient (Wildman–Crippen LogP) is 4.05. The number of carbonyl (C=O) groups is 1. The summed E-state index contributed by atoms with van der Waals surface area (Å²) in [6, 6.07) is 4.02. The van der Waals surface area contributed by atoms with E-state index in [2.05, 4.69) is 0 Å². The molecule has 0 aliphatic heterocycles. The van der Waals surface area contributed by atoms with Gasteiger partial charge in [-0.15, -0.1) is 11.3 Å². The van der Waals surface area contributed by atoms with Crippen molar-refractivity contribution in [1.29, 1.82) is 0 Å². The zero-order valence-corrected chi connectivity index (χ0v) is 10.9. The molecule has 0 saturated heterocycles. The van der Waals surface area contributed by atoms with Crippen LogP contribution in [0.5, 0.6) is 0 Å². The molecule has 0 saturated carbocycles.